The third-order valence-electron chi connectivity index (χ3n) is 5.31. The third kappa shape index (κ3) is 5.89. The fourth-order valence-electron chi connectivity index (χ4n) is 3.51. The molecule has 0 unspecified atom stereocenters. The van der Waals surface area contributed by atoms with Crippen LogP contribution < -0.4 is 9.75 Å². The van der Waals surface area contributed by atoms with Crippen LogP contribution in [0.3, 0.4) is 0 Å². The normalized spacial score (nSPS) is 11.4. The number of benzene rings is 2. The number of carbonyl (C=O) groups excluding carboxylic acids is 2. The predicted octanol–water partition coefficient (Wildman–Crippen LogP) is 5.90. The molecule has 1 N–H and O–H groups in total. The van der Waals surface area contributed by atoms with Gasteiger partial charge in [0.1, 0.15) is 11.3 Å². The number of thiophene rings is 1. The average Bonchev–Trinajstić information content (AvgIpc) is 3.23. The quantitative estimate of drug-likeness (QED) is 0.176. The van der Waals surface area contributed by atoms with Gasteiger partial charge in [-0.2, -0.15) is 10.1 Å². The number of nitrogens with zero attached hydrogens (tertiary/aromatic N) is 3. The molecule has 3 aromatic rings. The highest BCUT2D eigenvalue weighted by molar-refractivity contribution is 7.14. The van der Waals surface area contributed by atoms with Crippen molar-refractivity contribution >= 4 is 46.8 Å². The molecule has 0 aliphatic rings. The summed E-state index contributed by atoms with van der Waals surface area (Å²) in [6.45, 7) is 9.08. The summed E-state index contributed by atoms with van der Waals surface area (Å²) in [5, 5.41) is 27.3. The van der Waals surface area contributed by atoms with Crippen molar-refractivity contribution in [1.82, 2.24) is 0 Å². The molecule has 0 bridgehead atoms. The van der Waals surface area contributed by atoms with E-state index in [4.69, 9.17) is 4.74 Å². The largest absolute Gasteiger partial charge is 0.477 e. The van der Waals surface area contributed by atoms with E-state index in [0.29, 0.717) is 4.88 Å². The number of nitro groups is 1. The first-order valence-corrected chi connectivity index (χ1v) is 12.0. The maximum absolute atomic E-state index is 13.4. The Bertz CT molecular complexity index is 1400. The van der Waals surface area contributed by atoms with Gasteiger partial charge in [-0.3, -0.25) is 19.7 Å². The number of esters is 1. The van der Waals surface area contributed by atoms with Gasteiger partial charge in [0.2, 0.25) is 0 Å². The molecule has 10 nitrogen and oxygen atoms in total. The van der Waals surface area contributed by atoms with Crippen molar-refractivity contribution in [1.29, 1.82) is 0 Å². The summed E-state index contributed by atoms with van der Waals surface area (Å²) in [6.07, 6.45) is 1.34. The van der Waals surface area contributed by atoms with Gasteiger partial charge in [-0.15, -0.1) is 11.3 Å². The number of amides is 1. The Morgan fingerprint density at radius 2 is 1.78 bits per heavy atom. The number of carboxylic acid groups (broad SMARTS) is 1. The minimum Gasteiger partial charge on any atom is -0.477 e. The van der Waals surface area contributed by atoms with E-state index in [1.165, 1.54) is 30.5 Å². The fraction of sp³-hybridized carbons (Fsp3) is 0.231. The van der Waals surface area contributed by atoms with Crippen LogP contribution >= 0.6 is 11.3 Å². The Hall–Kier alpha value is -4.38. The standard InChI is InChI=1S/C26H25N3O7S/c1-6-27-28(24(31)17-9-12-19(25(32)33)20(13-17)29(34)35)21-14-37-23(22(21)36-15(2)30)16-7-10-18(11-8-16)26(3,4)5/h6-14H,1-5H3,(H,32,33). The zero-order valence-electron chi connectivity index (χ0n) is 20.8. The zero-order chi connectivity index (χ0) is 27.5. The second-order valence-corrected chi connectivity index (χ2v) is 9.86. The second kappa shape index (κ2) is 10.7. The van der Waals surface area contributed by atoms with Crippen LogP contribution in [0.4, 0.5) is 11.4 Å². The molecule has 192 valence electrons. The second-order valence-electron chi connectivity index (χ2n) is 8.99. The predicted molar refractivity (Wildman–Crippen MR) is 141 cm³/mol. The fourth-order valence-corrected chi connectivity index (χ4v) is 4.47. The van der Waals surface area contributed by atoms with Crippen molar-refractivity contribution in [3.8, 4) is 16.2 Å². The van der Waals surface area contributed by atoms with E-state index < -0.39 is 34.0 Å². The monoisotopic (exact) mass is 523 g/mol. The van der Waals surface area contributed by atoms with Gasteiger partial charge in [-0.1, -0.05) is 45.0 Å². The number of nitro benzene ring substituents is 1. The van der Waals surface area contributed by atoms with E-state index in [0.717, 1.165) is 28.3 Å². The molecule has 1 aromatic heterocycles. The van der Waals surface area contributed by atoms with Crippen LogP contribution in [0.1, 0.15) is 60.9 Å². The molecule has 2 aromatic carbocycles. The molecule has 1 heterocycles. The van der Waals surface area contributed by atoms with Gasteiger partial charge >= 0.3 is 11.9 Å². The number of carbonyl (C=O) groups is 3. The smallest absolute Gasteiger partial charge is 0.342 e. The Labute approximate surface area is 217 Å². The Kier molecular flexibility index (Phi) is 7.87. The summed E-state index contributed by atoms with van der Waals surface area (Å²) in [5.74, 6) is -2.77. The Morgan fingerprint density at radius 3 is 2.30 bits per heavy atom. The summed E-state index contributed by atoms with van der Waals surface area (Å²) in [7, 11) is 0. The average molecular weight is 524 g/mol. The van der Waals surface area contributed by atoms with Crippen molar-refractivity contribution in [2.24, 2.45) is 5.10 Å². The van der Waals surface area contributed by atoms with Crippen molar-refractivity contribution < 1.29 is 29.2 Å². The molecular formula is C26H25N3O7S. The highest BCUT2D eigenvalue weighted by Crippen LogP contribution is 2.45. The van der Waals surface area contributed by atoms with Crippen molar-refractivity contribution in [3.05, 3.63) is 74.6 Å². The van der Waals surface area contributed by atoms with Gasteiger partial charge in [0.05, 0.1) is 9.80 Å². The van der Waals surface area contributed by atoms with Crippen molar-refractivity contribution in [2.75, 3.05) is 5.01 Å². The van der Waals surface area contributed by atoms with Crippen molar-refractivity contribution in [2.45, 2.75) is 40.0 Å². The molecule has 3 rings (SSSR count). The minimum atomic E-state index is -1.49. The summed E-state index contributed by atoms with van der Waals surface area (Å²) < 4.78 is 5.51. The molecule has 0 radical (unpaired) electrons. The Morgan fingerprint density at radius 1 is 1.14 bits per heavy atom. The summed E-state index contributed by atoms with van der Waals surface area (Å²) in [4.78, 5) is 47.9. The lowest BCUT2D eigenvalue weighted by atomic mass is 9.86. The molecule has 0 fully saturated rings. The molecule has 0 spiro atoms. The molecule has 1 amide bonds. The topological polar surface area (TPSA) is 139 Å². The first-order chi connectivity index (χ1) is 17.3. The maximum atomic E-state index is 13.4. The lowest BCUT2D eigenvalue weighted by Crippen LogP contribution is -2.26. The van der Waals surface area contributed by atoms with Gasteiger partial charge in [0, 0.05) is 30.1 Å². The highest BCUT2D eigenvalue weighted by atomic mass is 32.1. The molecule has 37 heavy (non-hydrogen) atoms. The number of ether oxygens (including phenoxy) is 1. The molecule has 0 saturated carbocycles. The molecular weight excluding hydrogens is 498 g/mol. The number of hydrogen-bond donors (Lipinski definition) is 1. The minimum absolute atomic E-state index is 0.0598. The lowest BCUT2D eigenvalue weighted by molar-refractivity contribution is -0.385. The van der Waals surface area contributed by atoms with E-state index in [2.05, 4.69) is 25.9 Å². The summed E-state index contributed by atoms with van der Waals surface area (Å²) in [6, 6.07) is 10.8. The van der Waals surface area contributed by atoms with Crippen LogP contribution in [-0.4, -0.2) is 34.1 Å². The van der Waals surface area contributed by atoms with Crippen LogP contribution in [0.25, 0.3) is 10.4 Å². The van der Waals surface area contributed by atoms with Crippen LogP contribution in [0.15, 0.2) is 52.9 Å². The number of hydrazone groups is 1. The summed E-state index contributed by atoms with van der Waals surface area (Å²) in [5.41, 5.74) is 0.515. The van der Waals surface area contributed by atoms with E-state index in [-0.39, 0.29) is 22.4 Å². The molecule has 11 heteroatoms. The van der Waals surface area contributed by atoms with E-state index in [9.17, 15) is 29.6 Å². The van der Waals surface area contributed by atoms with Gasteiger partial charge < -0.3 is 9.84 Å². The van der Waals surface area contributed by atoms with Crippen LogP contribution in [-0.2, 0) is 10.2 Å². The van der Waals surface area contributed by atoms with Crippen LogP contribution in [0, 0.1) is 10.1 Å². The number of rotatable bonds is 7. The first kappa shape index (κ1) is 27.2. The zero-order valence-corrected chi connectivity index (χ0v) is 21.7. The maximum Gasteiger partial charge on any atom is 0.342 e. The van der Waals surface area contributed by atoms with E-state index in [1.807, 2.05) is 24.3 Å². The van der Waals surface area contributed by atoms with Gasteiger partial charge in [0.15, 0.2) is 5.75 Å². The highest BCUT2D eigenvalue weighted by Gasteiger charge is 2.29. The number of anilines is 1. The molecule has 0 aliphatic heterocycles. The van der Waals surface area contributed by atoms with Crippen LogP contribution in [0.2, 0.25) is 0 Å². The molecule has 0 aliphatic carbocycles. The van der Waals surface area contributed by atoms with E-state index in [1.54, 1.807) is 12.3 Å². The SMILES string of the molecule is CC=NN(C(=O)c1ccc(C(=O)O)c([N+](=O)[O-])c1)c1csc(-c2ccc(C(C)(C)C)cc2)c1OC(C)=O. The van der Waals surface area contributed by atoms with Gasteiger partial charge in [-0.05, 0) is 35.6 Å². The Balaban J connectivity index is 2.13. The number of aromatic carboxylic acids is 1. The van der Waals surface area contributed by atoms with Gasteiger partial charge in [-0.25, -0.2) is 4.79 Å². The van der Waals surface area contributed by atoms with Crippen LogP contribution in [0.5, 0.6) is 5.75 Å². The van der Waals surface area contributed by atoms with Crippen molar-refractivity contribution in [3.63, 3.8) is 0 Å². The lowest BCUT2D eigenvalue weighted by Gasteiger charge is -2.19. The number of hydrogen-bond acceptors (Lipinski definition) is 8. The number of carboxylic acids is 1. The third-order valence-corrected chi connectivity index (χ3v) is 6.31. The molecule has 0 saturated heterocycles. The van der Waals surface area contributed by atoms with Gasteiger partial charge in [0.25, 0.3) is 11.6 Å². The first-order valence-electron chi connectivity index (χ1n) is 11.1. The summed E-state index contributed by atoms with van der Waals surface area (Å²) >= 11 is 1.23. The molecule has 0 atom stereocenters. The van der Waals surface area contributed by atoms with E-state index >= 15 is 0 Å².